The molecular weight excluding hydrogens is 264 g/mol. The van der Waals surface area contributed by atoms with Crippen LogP contribution < -0.4 is 10.1 Å². The minimum Gasteiger partial charge on any atom is -0.497 e. The summed E-state index contributed by atoms with van der Waals surface area (Å²) in [4.78, 5) is 24.3. The fourth-order valence-corrected chi connectivity index (χ4v) is 1.63. The number of rotatable bonds is 5. The molecule has 3 N–H and O–H groups in total. The largest absolute Gasteiger partial charge is 0.497 e. The molecule has 0 fully saturated rings. The van der Waals surface area contributed by atoms with Crippen molar-refractivity contribution >= 4 is 17.7 Å². The lowest BCUT2D eigenvalue weighted by Gasteiger charge is -2.20. The monoisotopic (exact) mass is 282 g/mol. The second-order valence-electron chi connectivity index (χ2n) is 4.38. The van der Waals surface area contributed by atoms with Gasteiger partial charge in [-0.05, 0) is 19.1 Å². The van der Waals surface area contributed by atoms with Crippen molar-refractivity contribution in [1.29, 1.82) is 0 Å². The lowest BCUT2D eigenvalue weighted by atomic mass is 10.1. The molecule has 1 aromatic rings. The van der Waals surface area contributed by atoms with E-state index in [0.717, 1.165) is 0 Å². The van der Waals surface area contributed by atoms with Gasteiger partial charge in [-0.3, -0.25) is 0 Å². The van der Waals surface area contributed by atoms with Crippen LogP contribution in [0.3, 0.4) is 0 Å². The van der Waals surface area contributed by atoms with Crippen LogP contribution >= 0.6 is 0 Å². The smallest absolute Gasteiger partial charge is 0.337 e. The molecule has 1 rings (SSSR count). The number of ether oxygens (including phenoxy) is 1. The maximum Gasteiger partial charge on any atom is 0.337 e. The lowest BCUT2D eigenvalue weighted by Crippen LogP contribution is -2.36. The lowest BCUT2D eigenvalue weighted by molar-refractivity contribution is 0.0698. The summed E-state index contributed by atoms with van der Waals surface area (Å²) in [7, 11) is 2.95. The number of benzene rings is 1. The average molecular weight is 282 g/mol. The van der Waals surface area contributed by atoms with Crippen molar-refractivity contribution < 1.29 is 24.5 Å². The molecule has 2 amide bonds. The Balaban J connectivity index is 2.94. The highest BCUT2D eigenvalue weighted by molar-refractivity contribution is 6.00. The van der Waals surface area contributed by atoms with Gasteiger partial charge in [0.2, 0.25) is 0 Å². The van der Waals surface area contributed by atoms with Crippen molar-refractivity contribution in [2.24, 2.45) is 0 Å². The first kappa shape index (κ1) is 15.8. The minimum atomic E-state index is -1.15. The minimum absolute atomic E-state index is 0.0374. The number of aliphatic hydroxyl groups is 1. The molecule has 0 radical (unpaired) electrons. The highest BCUT2D eigenvalue weighted by Gasteiger charge is 2.16. The second kappa shape index (κ2) is 6.76. The van der Waals surface area contributed by atoms with Gasteiger partial charge in [0.25, 0.3) is 0 Å². The van der Waals surface area contributed by atoms with Crippen LogP contribution in [0.5, 0.6) is 5.75 Å². The number of methoxy groups -OCH3 is 1. The molecule has 0 aliphatic carbocycles. The number of carbonyl (C=O) groups is 2. The van der Waals surface area contributed by atoms with Gasteiger partial charge < -0.3 is 25.2 Å². The van der Waals surface area contributed by atoms with Crippen molar-refractivity contribution in [2.75, 3.05) is 26.0 Å². The molecule has 0 bridgehead atoms. The van der Waals surface area contributed by atoms with Crippen LogP contribution in [-0.4, -0.2) is 53.9 Å². The van der Waals surface area contributed by atoms with Gasteiger partial charge in [-0.25, -0.2) is 9.59 Å². The number of likely N-dealkylation sites (N-methyl/N-ethyl adjacent to an activating group) is 1. The molecule has 1 unspecified atom stereocenters. The van der Waals surface area contributed by atoms with Crippen molar-refractivity contribution in [2.45, 2.75) is 13.0 Å². The highest BCUT2D eigenvalue weighted by atomic mass is 16.5. The molecule has 1 atom stereocenters. The molecule has 0 saturated carbocycles. The zero-order valence-electron chi connectivity index (χ0n) is 11.6. The molecule has 0 saturated heterocycles. The summed E-state index contributed by atoms with van der Waals surface area (Å²) in [6.45, 7) is 1.69. The number of carboxylic acid groups (broad SMARTS) is 1. The van der Waals surface area contributed by atoms with Crippen molar-refractivity contribution in [3.63, 3.8) is 0 Å². The van der Waals surface area contributed by atoms with E-state index < -0.39 is 18.1 Å². The number of aromatic carboxylic acids is 1. The highest BCUT2D eigenvalue weighted by Crippen LogP contribution is 2.22. The van der Waals surface area contributed by atoms with Crippen molar-refractivity contribution in [3.05, 3.63) is 23.8 Å². The summed E-state index contributed by atoms with van der Waals surface area (Å²) in [5.74, 6) is -0.718. The summed E-state index contributed by atoms with van der Waals surface area (Å²) in [5.41, 5.74) is 0.101. The molecule has 7 heteroatoms. The Morgan fingerprint density at radius 1 is 1.45 bits per heavy atom. The van der Waals surface area contributed by atoms with E-state index in [1.54, 1.807) is 6.92 Å². The van der Waals surface area contributed by atoms with E-state index in [1.807, 2.05) is 0 Å². The summed E-state index contributed by atoms with van der Waals surface area (Å²) >= 11 is 0. The fraction of sp³-hybridized carbons (Fsp3) is 0.385. The summed E-state index contributed by atoms with van der Waals surface area (Å²) in [6, 6.07) is 3.77. The van der Waals surface area contributed by atoms with Crippen LogP contribution in [-0.2, 0) is 0 Å². The van der Waals surface area contributed by atoms with Crippen LogP contribution in [0.25, 0.3) is 0 Å². The van der Waals surface area contributed by atoms with Crippen molar-refractivity contribution in [3.8, 4) is 5.75 Å². The Labute approximate surface area is 116 Å². The molecular formula is C13H18N2O5. The van der Waals surface area contributed by atoms with E-state index in [2.05, 4.69) is 5.32 Å². The zero-order valence-corrected chi connectivity index (χ0v) is 11.6. The van der Waals surface area contributed by atoms with Crippen LogP contribution in [0.2, 0.25) is 0 Å². The van der Waals surface area contributed by atoms with Gasteiger partial charge >= 0.3 is 12.0 Å². The predicted octanol–water partition coefficient (Wildman–Crippen LogP) is 1.24. The van der Waals surface area contributed by atoms with Gasteiger partial charge in [-0.2, -0.15) is 0 Å². The first-order valence-corrected chi connectivity index (χ1v) is 5.96. The van der Waals surface area contributed by atoms with Crippen molar-refractivity contribution in [1.82, 2.24) is 4.90 Å². The van der Waals surface area contributed by atoms with E-state index in [4.69, 9.17) is 9.84 Å². The first-order valence-electron chi connectivity index (χ1n) is 5.96. The molecule has 0 aromatic heterocycles. The summed E-state index contributed by atoms with van der Waals surface area (Å²) in [6.07, 6.45) is -0.671. The standard InChI is InChI=1S/C13H18N2O5/c1-8(16)7-15(2)13(19)14-11-6-9(20-3)4-5-10(11)12(17)18/h4-6,8,16H,7H2,1-3H3,(H,14,19)(H,17,18). The normalized spacial score (nSPS) is 11.6. The quantitative estimate of drug-likeness (QED) is 0.754. The number of hydrogen-bond acceptors (Lipinski definition) is 4. The molecule has 0 aliphatic rings. The van der Waals surface area contributed by atoms with Gasteiger partial charge in [0.1, 0.15) is 5.75 Å². The number of aliphatic hydroxyl groups excluding tert-OH is 1. The zero-order chi connectivity index (χ0) is 15.3. The maximum atomic E-state index is 11.9. The van der Waals surface area contributed by atoms with Crippen LogP contribution in [0.4, 0.5) is 10.5 Å². The van der Waals surface area contributed by atoms with Gasteiger partial charge in [-0.1, -0.05) is 0 Å². The van der Waals surface area contributed by atoms with Gasteiger partial charge in [0.05, 0.1) is 24.5 Å². The topological polar surface area (TPSA) is 99.1 Å². The Kier molecular flexibility index (Phi) is 5.33. The molecule has 7 nitrogen and oxygen atoms in total. The number of carboxylic acids is 1. The number of carbonyl (C=O) groups excluding carboxylic acids is 1. The Hall–Kier alpha value is -2.28. The number of amides is 2. The van der Waals surface area contributed by atoms with Crippen LogP contribution in [0, 0.1) is 0 Å². The Morgan fingerprint density at radius 2 is 2.10 bits per heavy atom. The number of nitrogens with one attached hydrogen (secondary N) is 1. The average Bonchev–Trinajstić information content (AvgIpc) is 2.37. The van der Waals surface area contributed by atoms with Gasteiger partial charge in [-0.15, -0.1) is 0 Å². The second-order valence-corrected chi connectivity index (χ2v) is 4.38. The first-order chi connectivity index (χ1) is 9.35. The number of nitrogens with zero attached hydrogens (tertiary/aromatic N) is 1. The fourth-order valence-electron chi connectivity index (χ4n) is 1.63. The van der Waals surface area contributed by atoms with Crippen LogP contribution in [0.1, 0.15) is 17.3 Å². The molecule has 1 aromatic carbocycles. The molecule has 0 heterocycles. The SMILES string of the molecule is COc1ccc(C(=O)O)c(NC(=O)N(C)CC(C)O)c1. The van der Waals surface area contributed by atoms with E-state index in [9.17, 15) is 14.7 Å². The van der Waals surface area contributed by atoms with Crippen LogP contribution in [0.15, 0.2) is 18.2 Å². The molecule has 110 valence electrons. The number of urea groups is 1. The Morgan fingerprint density at radius 3 is 2.60 bits per heavy atom. The third-order valence-electron chi connectivity index (χ3n) is 2.58. The van der Waals surface area contributed by atoms with Gasteiger partial charge in [0.15, 0.2) is 0 Å². The van der Waals surface area contributed by atoms with Gasteiger partial charge in [0, 0.05) is 19.7 Å². The van der Waals surface area contributed by atoms with E-state index >= 15 is 0 Å². The maximum absolute atomic E-state index is 11.9. The molecule has 0 spiro atoms. The molecule has 20 heavy (non-hydrogen) atoms. The summed E-state index contributed by atoms with van der Waals surface area (Å²) < 4.78 is 5.00. The van der Waals surface area contributed by atoms with E-state index in [1.165, 1.54) is 37.3 Å². The van der Waals surface area contributed by atoms with E-state index in [-0.39, 0.29) is 17.8 Å². The van der Waals surface area contributed by atoms with E-state index in [0.29, 0.717) is 5.75 Å². The Bertz CT molecular complexity index is 502. The predicted molar refractivity (Wildman–Crippen MR) is 73.3 cm³/mol. The summed E-state index contributed by atoms with van der Waals surface area (Å²) in [5, 5.41) is 20.8. The third-order valence-corrected chi connectivity index (χ3v) is 2.58. The number of anilines is 1. The molecule has 0 aliphatic heterocycles. The third kappa shape index (κ3) is 4.13. The number of hydrogen-bond donors (Lipinski definition) is 3.